The molecular formula is C13H10Cl3N3O. The molecule has 0 fully saturated rings. The molecule has 0 heterocycles. The van der Waals surface area contributed by atoms with Crippen LogP contribution in [-0.2, 0) is 0 Å². The maximum atomic E-state index is 11.1. The van der Waals surface area contributed by atoms with E-state index in [1.54, 1.807) is 18.2 Å². The lowest BCUT2D eigenvalue weighted by Gasteiger charge is -2.12. The number of halogens is 3. The molecule has 0 aliphatic heterocycles. The van der Waals surface area contributed by atoms with Crippen molar-refractivity contribution in [1.82, 2.24) is 0 Å². The van der Waals surface area contributed by atoms with Crippen molar-refractivity contribution in [1.29, 1.82) is 0 Å². The first-order valence-electron chi connectivity index (χ1n) is 5.49. The van der Waals surface area contributed by atoms with E-state index >= 15 is 0 Å². The molecule has 0 aromatic heterocycles. The van der Waals surface area contributed by atoms with Gasteiger partial charge < -0.3 is 16.8 Å². The van der Waals surface area contributed by atoms with Crippen LogP contribution < -0.4 is 16.8 Å². The van der Waals surface area contributed by atoms with Crippen LogP contribution in [0.3, 0.4) is 0 Å². The van der Waals surface area contributed by atoms with Gasteiger partial charge in [0.2, 0.25) is 5.91 Å². The molecule has 4 nitrogen and oxygen atoms in total. The highest BCUT2D eigenvalue weighted by Gasteiger charge is 2.09. The Kier molecular flexibility index (Phi) is 4.28. The van der Waals surface area contributed by atoms with Crippen molar-refractivity contribution in [3.63, 3.8) is 0 Å². The molecule has 0 spiro atoms. The molecule has 0 saturated carbocycles. The summed E-state index contributed by atoms with van der Waals surface area (Å²) in [7, 11) is 0. The summed E-state index contributed by atoms with van der Waals surface area (Å²) in [4.78, 5) is 11.1. The molecule has 0 aliphatic carbocycles. The number of hydrogen-bond donors (Lipinski definition) is 3. The van der Waals surface area contributed by atoms with Gasteiger partial charge in [-0.15, -0.1) is 0 Å². The SMILES string of the molecule is NC(=O)c1ccc(Nc2cc(Cl)c(Cl)cc2Cl)c(N)c1. The maximum Gasteiger partial charge on any atom is 0.248 e. The third kappa shape index (κ3) is 3.10. The molecule has 2 rings (SSSR count). The summed E-state index contributed by atoms with van der Waals surface area (Å²) in [5.41, 5.74) is 12.9. The predicted octanol–water partition coefficient (Wildman–Crippen LogP) is 4.07. The molecule has 0 atom stereocenters. The fraction of sp³-hybridized carbons (Fsp3) is 0. The van der Waals surface area contributed by atoms with Crippen LogP contribution in [-0.4, -0.2) is 5.91 Å². The molecule has 0 saturated heterocycles. The van der Waals surface area contributed by atoms with Crippen LogP contribution in [0, 0.1) is 0 Å². The third-order valence-corrected chi connectivity index (χ3v) is 3.65. The molecule has 104 valence electrons. The topological polar surface area (TPSA) is 81.1 Å². The van der Waals surface area contributed by atoms with E-state index in [1.165, 1.54) is 12.1 Å². The monoisotopic (exact) mass is 329 g/mol. The van der Waals surface area contributed by atoms with Crippen LogP contribution in [0.15, 0.2) is 30.3 Å². The highest BCUT2D eigenvalue weighted by atomic mass is 35.5. The maximum absolute atomic E-state index is 11.1. The van der Waals surface area contributed by atoms with E-state index < -0.39 is 5.91 Å². The van der Waals surface area contributed by atoms with Crippen molar-refractivity contribution in [3.8, 4) is 0 Å². The van der Waals surface area contributed by atoms with Crippen molar-refractivity contribution in [2.24, 2.45) is 5.73 Å². The Morgan fingerprint density at radius 1 is 0.950 bits per heavy atom. The van der Waals surface area contributed by atoms with Crippen LogP contribution in [0.2, 0.25) is 15.1 Å². The molecule has 1 amide bonds. The van der Waals surface area contributed by atoms with Crippen LogP contribution in [0.4, 0.5) is 17.1 Å². The molecule has 0 radical (unpaired) electrons. The van der Waals surface area contributed by atoms with E-state index in [0.29, 0.717) is 37.7 Å². The van der Waals surface area contributed by atoms with Gasteiger partial charge in [0, 0.05) is 5.56 Å². The summed E-state index contributed by atoms with van der Waals surface area (Å²) < 4.78 is 0. The van der Waals surface area contributed by atoms with Gasteiger partial charge in [-0.25, -0.2) is 0 Å². The summed E-state index contributed by atoms with van der Waals surface area (Å²) in [6, 6.07) is 7.80. The average molecular weight is 331 g/mol. The van der Waals surface area contributed by atoms with Gasteiger partial charge in [-0.3, -0.25) is 4.79 Å². The predicted molar refractivity (Wildman–Crippen MR) is 84.1 cm³/mol. The van der Waals surface area contributed by atoms with Crippen molar-refractivity contribution in [2.45, 2.75) is 0 Å². The standard InChI is InChI=1S/C13H10Cl3N3O/c14-7-4-9(16)12(5-8(7)15)19-11-2-1-6(13(18)20)3-10(11)17/h1-5,19H,17H2,(H2,18,20). The number of amides is 1. The summed E-state index contributed by atoms with van der Waals surface area (Å²) in [5, 5.41) is 4.15. The lowest BCUT2D eigenvalue weighted by molar-refractivity contribution is 0.100. The van der Waals surface area contributed by atoms with Crippen LogP contribution in [0.25, 0.3) is 0 Å². The van der Waals surface area contributed by atoms with Crippen LogP contribution >= 0.6 is 34.8 Å². The molecule has 0 bridgehead atoms. The minimum atomic E-state index is -0.546. The Morgan fingerprint density at radius 2 is 1.60 bits per heavy atom. The molecule has 0 unspecified atom stereocenters. The molecule has 0 aliphatic rings. The molecule has 2 aromatic rings. The fourth-order valence-corrected chi connectivity index (χ4v) is 2.19. The Morgan fingerprint density at radius 3 is 2.20 bits per heavy atom. The third-order valence-electron chi connectivity index (χ3n) is 2.62. The van der Waals surface area contributed by atoms with E-state index in [4.69, 9.17) is 46.3 Å². The first-order valence-corrected chi connectivity index (χ1v) is 6.63. The van der Waals surface area contributed by atoms with Gasteiger partial charge >= 0.3 is 0 Å². The van der Waals surface area contributed by atoms with Crippen molar-refractivity contribution < 1.29 is 4.79 Å². The number of benzene rings is 2. The number of hydrogen-bond acceptors (Lipinski definition) is 3. The van der Waals surface area contributed by atoms with Gasteiger partial charge in [-0.05, 0) is 30.3 Å². The number of rotatable bonds is 3. The zero-order valence-corrected chi connectivity index (χ0v) is 12.4. The number of carbonyl (C=O) groups excluding carboxylic acids is 1. The van der Waals surface area contributed by atoms with E-state index in [9.17, 15) is 4.79 Å². The number of carbonyl (C=O) groups is 1. The summed E-state index contributed by atoms with van der Waals surface area (Å²) in [5.74, 6) is -0.546. The second-order valence-corrected chi connectivity index (χ2v) is 5.26. The smallest absolute Gasteiger partial charge is 0.248 e. The number of nitrogen functional groups attached to an aromatic ring is 1. The zero-order valence-electron chi connectivity index (χ0n) is 10.1. The van der Waals surface area contributed by atoms with Gasteiger partial charge in [0.25, 0.3) is 0 Å². The molecular weight excluding hydrogens is 321 g/mol. The van der Waals surface area contributed by atoms with Crippen molar-refractivity contribution >= 4 is 57.8 Å². The van der Waals surface area contributed by atoms with Crippen LogP contribution in [0.5, 0.6) is 0 Å². The normalized spacial score (nSPS) is 10.3. The Bertz CT molecular complexity index is 689. The second-order valence-electron chi connectivity index (χ2n) is 4.04. The summed E-state index contributed by atoms with van der Waals surface area (Å²) >= 11 is 17.9. The van der Waals surface area contributed by atoms with Gasteiger partial charge in [0.15, 0.2) is 0 Å². The molecule has 5 N–H and O–H groups in total. The first-order chi connectivity index (χ1) is 9.38. The van der Waals surface area contributed by atoms with Crippen LogP contribution in [0.1, 0.15) is 10.4 Å². The fourth-order valence-electron chi connectivity index (χ4n) is 1.59. The number of nitrogens with one attached hydrogen (secondary N) is 1. The summed E-state index contributed by atoms with van der Waals surface area (Å²) in [6.07, 6.45) is 0. The van der Waals surface area contributed by atoms with E-state index in [-0.39, 0.29) is 0 Å². The lowest BCUT2D eigenvalue weighted by Crippen LogP contribution is -2.11. The Balaban J connectivity index is 2.35. The number of anilines is 3. The van der Waals surface area contributed by atoms with Crippen molar-refractivity contribution in [3.05, 3.63) is 51.0 Å². The quantitative estimate of drug-likeness (QED) is 0.586. The summed E-state index contributed by atoms with van der Waals surface area (Å²) in [6.45, 7) is 0. The van der Waals surface area contributed by atoms with E-state index in [1.807, 2.05) is 0 Å². The lowest BCUT2D eigenvalue weighted by atomic mass is 10.1. The molecule has 7 heteroatoms. The highest BCUT2D eigenvalue weighted by molar-refractivity contribution is 6.44. The van der Waals surface area contributed by atoms with Gasteiger partial charge in [-0.1, -0.05) is 34.8 Å². The number of nitrogens with two attached hydrogens (primary N) is 2. The average Bonchev–Trinajstić information content (AvgIpc) is 2.37. The second kappa shape index (κ2) is 5.79. The van der Waals surface area contributed by atoms with E-state index in [2.05, 4.69) is 5.32 Å². The molecule has 20 heavy (non-hydrogen) atoms. The minimum absolute atomic E-state index is 0.327. The van der Waals surface area contributed by atoms with E-state index in [0.717, 1.165) is 0 Å². The highest BCUT2D eigenvalue weighted by Crippen LogP contribution is 2.35. The van der Waals surface area contributed by atoms with Gasteiger partial charge in [0.1, 0.15) is 0 Å². The first kappa shape index (κ1) is 14.8. The number of primary amides is 1. The molecule has 2 aromatic carbocycles. The van der Waals surface area contributed by atoms with Gasteiger partial charge in [-0.2, -0.15) is 0 Å². The van der Waals surface area contributed by atoms with Crippen molar-refractivity contribution in [2.75, 3.05) is 11.1 Å². The largest absolute Gasteiger partial charge is 0.397 e. The Hall–Kier alpha value is -1.62. The Labute approximate surface area is 130 Å². The minimum Gasteiger partial charge on any atom is -0.397 e. The zero-order chi connectivity index (χ0) is 14.9. The van der Waals surface area contributed by atoms with Gasteiger partial charge in [0.05, 0.1) is 32.1 Å².